The lowest BCUT2D eigenvalue weighted by Gasteiger charge is -2.32. The molecule has 9 aromatic rings. The molecule has 0 bridgehead atoms. The SMILES string of the molecule is c1ccc(-c2cccc(N(c3ccc4c5cccc6c5n5c4c3Oc3cccc(c3-5)O6)c3cccc4oc5ccccc5c34)c2)cc1. The van der Waals surface area contributed by atoms with Crippen molar-refractivity contribution in [3.8, 4) is 39.8 Å². The lowest BCUT2D eigenvalue weighted by Crippen LogP contribution is -2.15. The maximum absolute atomic E-state index is 6.97. The van der Waals surface area contributed by atoms with Crippen LogP contribution in [-0.2, 0) is 0 Å². The minimum Gasteiger partial charge on any atom is -0.456 e. The number of para-hydroxylation sites is 3. The van der Waals surface area contributed by atoms with E-state index in [1.165, 1.54) is 0 Å². The predicted octanol–water partition coefficient (Wildman–Crippen LogP) is 12.0. The molecule has 0 unspecified atom stereocenters. The Labute approximate surface area is 269 Å². The van der Waals surface area contributed by atoms with Crippen LogP contribution in [0.1, 0.15) is 0 Å². The largest absolute Gasteiger partial charge is 0.456 e. The molecule has 47 heavy (non-hydrogen) atoms. The van der Waals surface area contributed by atoms with Gasteiger partial charge in [-0.15, -0.1) is 0 Å². The standard InChI is InChI=1S/C42H24N2O3/c1-2-10-25(11-3-1)26-12-6-13-27(24-26)43(31-16-8-18-34-38(31)30-14-4-5-17-33(30)45-34)32-23-22-29-28-15-7-19-35-39(28)44-40(29)42(32)47-37-21-9-20-36(46-35)41(37)44/h1-24H. The Balaban J connectivity index is 1.26. The Morgan fingerprint density at radius 2 is 1.17 bits per heavy atom. The van der Waals surface area contributed by atoms with Crippen LogP contribution in [0.2, 0.25) is 0 Å². The number of hydrogen-bond acceptors (Lipinski definition) is 4. The quantitative estimate of drug-likeness (QED) is 0.200. The van der Waals surface area contributed by atoms with Crippen molar-refractivity contribution in [2.24, 2.45) is 0 Å². The molecule has 0 aliphatic carbocycles. The normalized spacial score (nSPS) is 12.6. The molecule has 7 aromatic carbocycles. The summed E-state index contributed by atoms with van der Waals surface area (Å²) in [6, 6.07) is 50.5. The van der Waals surface area contributed by atoms with Crippen LogP contribution in [0.15, 0.2) is 150 Å². The van der Waals surface area contributed by atoms with Gasteiger partial charge in [-0.2, -0.15) is 0 Å². The summed E-state index contributed by atoms with van der Waals surface area (Å²) in [5, 5.41) is 4.38. The highest BCUT2D eigenvalue weighted by Crippen LogP contribution is 2.57. The third-order valence-electron chi connectivity index (χ3n) is 9.54. The summed E-state index contributed by atoms with van der Waals surface area (Å²) in [4.78, 5) is 2.32. The molecule has 0 atom stereocenters. The second-order valence-electron chi connectivity index (χ2n) is 12.1. The Morgan fingerprint density at radius 1 is 0.468 bits per heavy atom. The first-order valence-electron chi connectivity index (χ1n) is 15.8. The number of furan rings is 1. The second kappa shape index (κ2) is 9.05. The molecule has 2 aliphatic heterocycles. The van der Waals surface area contributed by atoms with Crippen molar-refractivity contribution in [2.45, 2.75) is 0 Å². The van der Waals surface area contributed by atoms with Crippen LogP contribution in [0.5, 0.6) is 23.0 Å². The molecule has 0 N–H and O–H groups in total. The molecule has 0 saturated carbocycles. The highest BCUT2D eigenvalue weighted by Gasteiger charge is 2.34. The number of anilines is 3. The summed E-state index contributed by atoms with van der Waals surface area (Å²) >= 11 is 0. The zero-order valence-corrected chi connectivity index (χ0v) is 25.0. The monoisotopic (exact) mass is 604 g/mol. The van der Waals surface area contributed by atoms with E-state index in [4.69, 9.17) is 13.9 Å². The van der Waals surface area contributed by atoms with Gasteiger partial charge in [0, 0.05) is 21.8 Å². The average molecular weight is 605 g/mol. The van der Waals surface area contributed by atoms with Crippen LogP contribution in [0.4, 0.5) is 17.1 Å². The minimum atomic E-state index is 0.765. The van der Waals surface area contributed by atoms with E-state index in [1.54, 1.807) is 0 Å². The van der Waals surface area contributed by atoms with Crippen molar-refractivity contribution < 1.29 is 13.9 Å². The highest BCUT2D eigenvalue weighted by atomic mass is 16.5. The molecule has 0 fully saturated rings. The van der Waals surface area contributed by atoms with Crippen LogP contribution in [-0.4, -0.2) is 4.57 Å². The lowest BCUT2D eigenvalue weighted by molar-refractivity contribution is 0.444. The summed E-state index contributed by atoms with van der Waals surface area (Å²) in [5.74, 6) is 3.20. The molecule has 0 saturated heterocycles. The van der Waals surface area contributed by atoms with E-state index in [2.05, 4.69) is 113 Å². The zero-order chi connectivity index (χ0) is 30.6. The summed E-state index contributed by atoms with van der Waals surface area (Å²) in [5.41, 5.74) is 9.98. The van der Waals surface area contributed by atoms with Crippen LogP contribution in [0.3, 0.4) is 0 Å². The number of hydrogen-bond donors (Lipinski definition) is 0. The average Bonchev–Trinajstić information content (AvgIpc) is 3.68. The van der Waals surface area contributed by atoms with Gasteiger partial charge >= 0.3 is 0 Å². The second-order valence-corrected chi connectivity index (χ2v) is 12.1. The molecule has 220 valence electrons. The van der Waals surface area contributed by atoms with Crippen molar-refractivity contribution >= 4 is 60.8 Å². The Kier molecular flexibility index (Phi) is 4.78. The first kappa shape index (κ1) is 24.8. The smallest absolute Gasteiger partial charge is 0.176 e. The van der Waals surface area contributed by atoms with Gasteiger partial charge in [-0.3, -0.25) is 4.57 Å². The molecule has 2 aliphatic rings. The van der Waals surface area contributed by atoms with Gasteiger partial charge in [-0.1, -0.05) is 84.9 Å². The summed E-state index contributed by atoms with van der Waals surface area (Å²) < 4.78 is 22.1. The fraction of sp³-hybridized carbons (Fsp3) is 0. The van der Waals surface area contributed by atoms with Gasteiger partial charge in [0.1, 0.15) is 16.9 Å². The van der Waals surface area contributed by atoms with Gasteiger partial charge < -0.3 is 18.8 Å². The van der Waals surface area contributed by atoms with Crippen LogP contribution in [0, 0.1) is 0 Å². The fourth-order valence-electron chi connectivity index (χ4n) is 7.59. The van der Waals surface area contributed by atoms with E-state index in [0.29, 0.717) is 0 Å². The van der Waals surface area contributed by atoms with Gasteiger partial charge in [-0.05, 0) is 71.8 Å². The number of fused-ring (bicyclic) bond motifs is 4. The predicted molar refractivity (Wildman–Crippen MR) is 188 cm³/mol. The molecule has 2 aromatic heterocycles. The molecule has 11 rings (SSSR count). The molecular formula is C42H24N2O3. The van der Waals surface area contributed by atoms with Gasteiger partial charge in [-0.25, -0.2) is 0 Å². The van der Waals surface area contributed by atoms with Gasteiger partial charge in [0.2, 0.25) is 0 Å². The molecule has 0 radical (unpaired) electrons. The van der Waals surface area contributed by atoms with Crippen molar-refractivity contribution in [1.82, 2.24) is 4.57 Å². The molecule has 0 amide bonds. The Morgan fingerprint density at radius 3 is 2.11 bits per heavy atom. The van der Waals surface area contributed by atoms with Gasteiger partial charge in [0.15, 0.2) is 23.0 Å². The van der Waals surface area contributed by atoms with E-state index in [-0.39, 0.29) is 0 Å². The van der Waals surface area contributed by atoms with Crippen LogP contribution < -0.4 is 14.4 Å². The van der Waals surface area contributed by atoms with Gasteiger partial charge in [0.05, 0.1) is 27.8 Å². The summed E-state index contributed by atoms with van der Waals surface area (Å²) in [7, 11) is 0. The van der Waals surface area contributed by atoms with Crippen LogP contribution >= 0.6 is 0 Å². The van der Waals surface area contributed by atoms with Crippen molar-refractivity contribution in [1.29, 1.82) is 0 Å². The highest BCUT2D eigenvalue weighted by molar-refractivity contribution is 6.18. The minimum absolute atomic E-state index is 0.765. The van der Waals surface area contributed by atoms with Crippen molar-refractivity contribution in [2.75, 3.05) is 4.90 Å². The molecule has 5 heteroatoms. The molecule has 0 spiro atoms. The molecular weight excluding hydrogens is 580 g/mol. The summed E-state index contributed by atoms with van der Waals surface area (Å²) in [6.07, 6.45) is 0. The fourth-order valence-corrected chi connectivity index (χ4v) is 7.59. The summed E-state index contributed by atoms with van der Waals surface area (Å²) in [6.45, 7) is 0. The maximum atomic E-state index is 6.97. The number of benzene rings is 7. The van der Waals surface area contributed by atoms with E-state index in [0.717, 1.165) is 101 Å². The van der Waals surface area contributed by atoms with Crippen molar-refractivity contribution in [3.63, 3.8) is 0 Å². The number of rotatable bonds is 4. The van der Waals surface area contributed by atoms with Crippen LogP contribution in [0.25, 0.3) is 60.6 Å². The van der Waals surface area contributed by atoms with E-state index >= 15 is 0 Å². The first-order valence-corrected chi connectivity index (χ1v) is 15.8. The number of aromatic nitrogens is 1. The van der Waals surface area contributed by atoms with Gasteiger partial charge in [0.25, 0.3) is 0 Å². The first-order chi connectivity index (χ1) is 23.3. The maximum Gasteiger partial charge on any atom is 0.176 e. The third-order valence-corrected chi connectivity index (χ3v) is 9.54. The van der Waals surface area contributed by atoms with E-state index < -0.39 is 0 Å². The topological polar surface area (TPSA) is 39.8 Å². The van der Waals surface area contributed by atoms with E-state index in [9.17, 15) is 0 Å². The zero-order valence-electron chi connectivity index (χ0n) is 25.0. The Hall–Kier alpha value is -6.46. The van der Waals surface area contributed by atoms with E-state index in [1.807, 2.05) is 42.5 Å². The molecule has 5 nitrogen and oxygen atoms in total. The number of ether oxygens (including phenoxy) is 2. The lowest BCUT2D eigenvalue weighted by atomic mass is 10.0. The third kappa shape index (κ3) is 3.32. The van der Waals surface area contributed by atoms with Crippen molar-refractivity contribution in [3.05, 3.63) is 146 Å². The number of nitrogens with zero attached hydrogens (tertiary/aromatic N) is 2. The Bertz CT molecular complexity index is 2760. The molecule has 4 heterocycles.